The van der Waals surface area contributed by atoms with Crippen molar-refractivity contribution in [3.63, 3.8) is 0 Å². The first kappa shape index (κ1) is 16.7. The van der Waals surface area contributed by atoms with Crippen LogP contribution in [0.1, 0.15) is 16.7 Å². The number of nitrogens with two attached hydrogens (primary N) is 1. The van der Waals surface area contributed by atoms with E-state index in [0.29, 0.717) is 17.7 Å². The molecule has 0 spiro atoms. The summed E-state index contributed by atoms with van der Waals surface area (Å²) in [6.07, 6.45) is 0. The van der Waals surface area contributed by atoms with Crippen molar-refractivity contribution in [2.45, 2.75) is 12.2 Å². The van der Waals surface area contributed by atoms with Crippen LogP contribution in [0.15, 0.2) is 84.9 Å². The van der Waals surface area contributed by atoms with E-state index in [9.17, 15) is 9.90 Å². The standard InChI is InChI=1S/C21H19NO3/c22-20(23)21(24,17-7-3-1-4-8-17)18-13-11-16(12-14-18)15-25-19-9-5-2-6-10-19/h1-14,24H,15H2,(H2,22,23). The highest BCUT2D eigenvalue weighted by Crippen LogP contribution is 2.29. The zero-order valence-corrected chi connectivity index (χ0v) is 13.6. The molecule has 1 amide bonds. The van der Waals surface area contributed by atoms with E-state index in [1.165, 1.54) is 0 Å². The van der Waals surface area contributed by atoms with Crippen molar-refractivity contribution in [2.75, 3.05) is 0 Å². The van der Waals surface area contributed by atoms with Crippen LogP contribution in [0.2, 0.25) is 0 Å². The van der Waals surface area contributed by atoms with E-state index in [1.807, 2.05) is 48.5 Å². The zero-order chi connectivity index (χ0) is 17.7. The lowest BCUT2D eigenvalue weighted by Crippen LogP contribution is -2.42. The number of para-hydroxylation sites is 1. The maximum absolute atomic E-state index is 12.0. The van der Waals surface area contributed by atoms with E-state index in [-0.39, 0.29) is 0 Å². The molecule has 4 nitrogen and oxygen atoms in total. The van der Waals surface area contributed by atoms with Crippen molar-refractivity contribution in [3.8, 4) is 5.75 Å². The van der Waals surface area contributed by atoms with Crippen LogP contribution in [0.25, 0.3) is 0 Å². The topological polar surface area (TPSA) is 72.6 Å². The highest BCUT2D eigenvalue weighted by atomic mass is 16.5. The molecule has 0 saturated heterocycles. The Morgan fingerprint density at radius 3 is 1.92 bits per heavy atom. The Hall–Kier alpha value is -3.11. The molecule has 3 rings (SSSR count). The Bertz CT molecular complexity index is 832. The molecule has 0 aliphatic rings. The largest absolute Gasteiger partial charge is 0.489 e. The molecule has 0 aliphatic heterocycles. The second-order valence-electron chi connectivity index (χ2n) is 5.74. The van der Waals surface area contributed by atoms with Crippen LogP contribution in [0.5, 0.6) is 5.75 Å². The number of hydrogen-bond donors (Lipinski definition) is 2. The minimum atomic E-state index is -1.86. The van der Waals surface area contributed by atoms with E-state index in [1.54, 1.807) is 36.4 Å². The van der Waals surface area contributed by atoms with Gasteiger partial charge in [-0.2, -0.15) is 0 Å². The second kappa shape index (κ2) is 7.20. The van der Waals surface area contributed by atoms with E-state index in [0.717, 1.165) is 11.3 Å². The lowest BCUT2D eigenvalue weighted by Gasteiger charge is -2.25. The number of aliphatic hydroxyl groups is 1. The molecule has 3 N–H and O–H groups in total. The molecule has 25 heavy (non-hydrogen) atoms. The van der Waals surface area contributed by atoms with Crippen LogP contribution in [0, 0.1) is 0 Å². The van der Waals surface area contributed by atoms with Crippen LogP contribution in [-0.2, 0) is 17.0 Å². The van der Waals surface area contributed by atoms with Crippen molar-refractivity contribution in [3.05, 3.63) is 102 Å². The van der Waals surface area contributed by atoms with Crippen LogP contribution in [0.4, 0.5) is 0 Å². The molecule has 1 unspecified atom stereocenters. The molecule has 0 saturated carbocycles. The van der Waals surface area contributed by atoms with Crippen molar-refractivity contribution in [2.24, 2.45) is 5.73 Å². The average molecular weight is 333 g/mol. The van der Waals surface area contributed by atoms with Gasteiger partial charge in [-0.3, -0.25) is 4.79 Å². The molecule has 0 fully saturated rings. The van der Waals surface area contributed by atoms with Gasteiger partial charge in [-0.05, 0) is 28.8 Å². The predicted octanol–water partition coefficient (Wildman–Crippen LogP) is 2.99. The predicted molar refractivity (Wildman–Crippen MR) is 95.9 cm³/mol. The van der Waals surface area contributed by atoms with Gasteiger partial charge in [0.25, 0.3) is 5.91 Å². The summed E-state index contributed by atoms with van der Waals surface area (Å²) in [5.41, 5.74) is 5.42. The van der Waals surface area contributed by atoms with E-state index < -0.39 is 11.5 Å². The Labute approximate surface area is 146 Å². The summed E-state index contributed by atoms with van der Waals surface area (Å²) in [6.45, 7) is 0.393. The number of hydrogen-bond acceptors (Lipinski definition) is 3. The van der Waals surface area contributed by atoms with Crippen LogP contribution >= 0.6 is 0 Å². The van der Waals surface area contributed by atoms with Gasteiger partial charge in [0.2, 0.25) is 0 Å². The molecule has 0 bridgehead atoms. The first-order valence-corrected chi connectivity index (χ1v) is 7.96. The molecule has 3 aromatic carbocycles. The molecule has 0 aliphatic carbocycles. The molecule has 0 heterocycles. The molecule has 0 aromatic heterocycles. The van der Waals surface area contributed by atoms with E-state index in [2.05, 4.69) is 0 Å². The molecule has 4 heteroatoms. The lowest BCUT2D eigenvalue weighted by atomic mass is 9.85. The van der Waals surface area contributed by atoms with Crippen molar-refractivity contribution < 1.29 is 14.6 Å². The third kappa shape index (κ3) is 3.54. The maximum Gasteiger partial charge on any atom is 0.258 e. The molecular weight excluding hydrogens is 314 g/mol. The number of amides is 1. The van der Waals surface area contributed by atoms with Gasteiger partial charge < -0.3 is 15.6 Å². The molecule has 1 atom stereocenters. The van der Waals surface area contributed by atoms with Gasteiger partial charge in [0.1, 0.15) is 12.4 Å². The fraction of sp³-hybridized carbons (Fsp3) is 0.0952. The summed E-state index contributed by atoms with van der Waals surface area (Å²) in [5.74, 6) is -0.0310. The Morgan fingerprint density at radius 2 is 1.36 bits per heavy atom. The SMILES string of the molecule is NC(=O)C(O)(c1ccccc1)c1ccc(COc2ccccc2)cc1. The van der Waals surface area contributed by atoms with Gasteiger partial charge in [-0.15, -0.1) is 0 Å². The number of benzene rings is 3. The number of rotatable bonds is 6. The minimum absolute atomic E-state index is 0.393. The number of carbonyl (C=O) groups excluding carboxylic acids is 1. The molecule has 0 radical (unpaired) electrons. The number of primary amides is 1. The summed E-state index contributed by atoms with van der Waals surface area (Å²) < 4.78 is 5.70. The fourth-order valence-corrected chi connectivity index (χ4v) is 2.66. The van der Waals surface area contributed by atoms with Gasteiger partial charge in [0, 0.05) is 0 Å². The first-order valence-electron chi connectivity index (χ1n) is 7.96. The highest BCUT2D eigenvalue weighted by molar-refractivity contribution is 5.88. The summed E-state index contributed by atoms with van der Waals surface area (Å²) in [5, 5.41) is 10.9. The van der Waals surface area contributed by atoms with Crippen molar-refractivity contribution in [1.82, 2.24) is 0 Å². The quantitative estimate of drug-likeness (QED) is 0.728. The van der Waals surface area contributed by atoms with E-state index >= 15 is 0 Å². The summed E-state index contributed by atoms with van der Waals surface area (Å²) in [6, 6.07) is 25.2. The van der Waals surface area contributed by atoms with Crippen LogP contribution < -0.4 is 10.5 Å². The third-order valence-electron chi connectivity index (χ3n) is 4.07. The second-order valence-corrected chi connectivity index (χ2v) is 5.74. The van der Waals surface area contributed by atoms with Crippen molar-refractivity contribution in [1.29, 1.82) is 0 Å². The summed E-state index contributed by atoms with van der Waals surface area (Å²) in [7, 11) is 0. The zero-order valence-electron chi connectivity index (χ0n) is 13.6. The number of carbonyl (C=O) groups is 1. The van der Waals surface area contributed by atoms with Gasteiger partial charge in [-0.25, -0.2) is 0 Å². The number of ether oxygens (including phenoxy) is 1. The average Bonchev–Trinajstić information content (AvgIpc) is 2.67. The summed E-state index contributed by atoms with van der Waals surface area (Å²) in [4.78, 5) is 12.0. The normalized spacial score (nSPS) is 13.0. The van der Waals surface area contributed by atoms with Crippen LogP contribution in [0.3, 0.4) is 0 Å². The molecule has 3 aromatic rings. The first-order chi connectivity index (χ1) is 12.1. The van der Waals surface area contributed by atoms with Gasteiger partial charge in [0.05, 0.1) is 0 Å². The van der Waals surface area contributed by atoms with E-state index in [4.69, 9.17) is 10.5 Å². The third-order valence-corrected chi connectivity index (χ3v) is 4.07. The smallest absolute Gasteiger partial charge is 0.258 e. The Kier molecular flexibility index (Phi) is 4.82. The minimum Gasteiger partial charge on any atom is -0.489 e. The highest BCUT2D eigenvalue weighted by Gasteiger charge is 2.37. The van der Waals surface area contributed by atoms with Gasteiger partial charge in [0.15, 0.2) is 5.60 Å². The Balaban J connectivity index is 1.81. The monoisotopic (exact) mass is 333 g/mol. The lowest BCUT2D eigenvalue weighted by molar-refractivity contribution is -0.133. The summed E-state index contributed by atoms with van der Waals surface area (Å²) >= 11 is 0. The van der Waals surface area contributed by atoms with Gasteiger partial charge in [-0.1, -0.05) is 72.8 Å². The van der Waals surface area contributed by atoms with Gasteiger partial charge >= 0.3 is 0 Å². The molecular formula is C21H19NO3. The Morgan fingerprint density at radius 1 is 0.840 bits per heavy atom. The van der Waals surface area contributed by atoms with Crippen molar-refractivity contribution >= 4 is 5.91 Å². The van der Waals surface area contributed by atoms with Crippen LogP contribution in [-0.4, -0.2) is 11.0 Å². The molecule has 126 valence electrons. The fourth-order valence-electron chi connectivity index (χ4n) is 2.66. The maximum atomic E-state index is 12.0.